The first-order valence-electron chi connectivity index (χ1n) is 15.6. The maximum atomic E-state index is 12.0. The molecular formula is C35H46ClN5O5. The number of nitrogens with one attached hydrogen (secondary N) is 1. The number of rotatable bonds is 15. The SMILES string of the molecule is CCCc1nc2c(N(Cc3ccc(OC)cc3)Cc3ccc(OC)cc3)nc(Cl)c(C)c2n1CCOCCNC(=O)OC(C)(C)C. The second-order valence-electron chi connectivity index (χ2n) is 12.1. The van der Waals surface area contributed by atoms with Gasteiger partial charge in [-0.1, -0.05) is 42.8 Å². The van der Waals surface area contributed by atoms with Crippen LogP contribution in [0.1, 0.15) is 56.6 Å². The third kappa shape index (κ3) is 9.26. The molecule has 4 aromatic rings. The van der Waals surface area contributed by atoms with E-state index in [9.17, 15) is 4.79 Å². The number of benzene rings is 2. The number of methoxy groups -OCH3 is 2. The van der Waals surface area contributed by atoms with E-state index in [1.54, 1.807) is 14.2 Å². The molecule has 0 saturated carbocycles. The number of aromatic nitrogens is 3. The molecule has 4 rings (SSSR count). The molecular weight excluding hydrogens is 606 g/mol. The van der Waals surface area contributed by atoms with Crippen molar-refractivity contribution >= 4 is 34.5 Å². The largest absolute Gasteiger partial charge is 0.497 e. The summed E-state index contributed by atoms with van der Waals surface area (Å²) in [6.45, 7) is 12.5. The van der Waals surface area contributed by atoms with Crippen LogP contribution in [0.4, 0.5) is 10.6 Å². The van der Waals surface area contributed by atoms with E-state index in [-0.39, 0.29) is 0 Å². The van der Waals surface area contributed by atoms with Crippen LogP contribution in [-0.4, -0.2) is 60.2 Å². The molecule has 2 heterocycles. The van der Waals surface area contributed by atoms with Gasteiger partial charge in [-0.2, -0.15) is 0 Å². The lowest BCUT2D eigenvalue weighted by atomic mass is 10.1. The number of fused-ring (bicyclic) bond motifs is 1. The fourth-order valence-corrected chi connectivity index (χ4v) is 5.31. The van der Waals surface area contributed by atoms with Crippen molar-refractivity contribution in [2.45, 2.75) is 72.7 Å². The van der Waals surface area contributed by atoms with Crippen molar-refractivity contribution in [1.82, 2.24) is 19.9 Å². The van der Waals surface area contributed by atoms with Crippen LogP contribution in [0.5, 0.6) is 11.5 Å². The van der Waals surface area contributed by atoms with Gasteiger partial charge in [0.1, 0.15) is 33.6 Å². The molecule has 0 aliphatic heterocycles. The Balaban J connectivity index is 1.63. The first kappa shape index (κ1) is 34.8. The molecule has 0 aliphatic rings. The molecule has 0 spiro atoms. The fourth-order valence-electron chi connectivity index (χ4n) is 5.14. The third-order valence-electron chi connectivity index (χ3n) is 7.34. The molecule has 0 bridgehead atoms. The van der Waals surface area contributed by atoms with E-state index < -0.39 is 11.7 Å². The molecule has 0 fully saturated rings. The molecule has 1 amide bonds. The average Bonchev–Trinajstić information content (AvgIpc) is 3.38. The summed E-state index contributed by atoms with van der Waals surface area (Å²) in [5.74, 6) is 3.27. The number of halogens is 1. The van der Waals surface area contributed by atoms with Crippen LogP contribution in [0.15, 0.2) is 48.5 Å². The summed E-state index contributed by atoms with van der Waals surface area (Å²) < 4.78 is 24.2. The number of hydrogen-bond acceptors (Lipinski definition) is 8. The second kappa shape index (κ2) is 16.0. The van der Waals surface area contributed by atoms with Crippen molar-refractivity contribution in [2.75, 3.05) is 38.9 Å². The smallest absolute Gasteiger partial charge is 0.407 e. The third-order valence-corrected chi connectivity index (χ3v) is 7.71. The lowest BCUT2D eigenvalue weighted by Gasteiger charge is -2.25. The number of carbonyl (C=O) groups is 1. The molecule has 0 radical (unpaired) electrons. The van der Waals surface area contributed by atoms with Gasteiger partial charge in [-0.05, 0) is 69.5 Å². The van der Waals surface area contributed by atoms with Gasteiger partial charge in [-0.15, -0.1) is 0 Å². The first-order chi connectivity index (χ1) is 22.0. The van der Waals surface area contributed by atoms with Crippen molar-refractivity contribution in [3.63, 3.8) is 0 Å². The standard InChI is InChI=1S/C35H46ClN5O5/c1-8-9-29-38-30-31(41(29)19-21-45-20-18-37-34(42)46-35(3,4)5)24(2)32(36)39-33(30)40(22-25-10-14-27(43-6)15-11-25)23-26-12-16-28(44-7)17-13-26/h10-17H,8-9,18-23H2,1-7H3,(H,37,42). The maximum absolute atomic E-state index is 12.0. The van der Waals surface area contributed by atoms with Gasteiger partial charge in [-0.3, -0.25) is 0 Å². The molecule has 0 atom stereocenters. The second-order valence-corrected chi connectivity index (χ2v) is 12.4. The zero-order chi connectivity index (χ0) is 33.3. The summed E-state index contributed by atoms with van der Waals surface area (Å²) in [7, 11) is 3.33. The summed E-state index contributed by atoms with van der Waals surface area (Å²) in [4.78, 5) is 24.2. The minimum absolute atomic E-state index is 0.353. The van der Waals surface area contributed by atoms with Crippen LogP contribution in [0.2, 0.25) is 5.15 Å². The van der Waals surface area contributed by atoms with Crippen LogP contribution in [0, 0.1) is 6.92 Å². The highest BCUT2D eigenvalue weighted by molar-refractivity contribution is 6.31. The van der Waals surface area contributed by atoms with Crippen molar-refractivity contribution < 1.29 is 23.7 Å². The van der Waals surface area contributed by atoms with Gasteiger partial charge in [0.05, 0.1) is 33.0 Å². The Labute approximate surface area is 277 Å². The summed E-state index contributed by atoms with van der Waals surface area (Å²) in [6, 6.07) is 16.1. The molecule has 248 valence electrons. The molecule has 10 nitrogen and oxygen atoms in total. The van der Waals surface area contributed by atoms with Gasteiger partial charge in [0.2, 0.25) is 0 Å². The predicted molar refractivity (Wildman–Crippen MR) is 182 cm³/mol. The molecule has 0 aliphatic carbocycles. The van der Waals surface area contributed by atoms with Crippen molar-refractivity contribution in [3.8, 4) is 11.5 Å². The highest BCUT2D eigenvalue weighted by Crippen LogP contribution is 2.34. The normalized spacial score (nSPS) is 11.5. The van der Waals surface area contributed by atoms with Gasteiger partial charge in [0, 0.05) is 38.2 Å². The van der Waals surface area contributed by atoms with E-state index in [2.05, 4.69) is 46.0 Å². The Kier molecular flexibility index (Phi) is 12.1. The molecule has 46 heavy (non-hydrogen) atoms. The fraction of sp³-hybridized carbons (Fsp3) is 0.457. The van der Waals surface area contributed by atoms with Gasteiger partial charge < -0.3 is 33.7 Å². The molecule has 11 heteroatoms. The summed E-state index contributed by atoms with van der Waals surface area (Å²) in [5.41, 5.74) is 4.28. The summed E-state index contributed by atoms with van der Waals surface area (Å²) in [5, 5.41) is 3.17. The van der Waals surface area contributed by atoms with E-state index in [1.807, 2.05) is 52.0 Å². The van der Waals surface area contributed by atoms with Gasteiger partial charge >= 0.3 is 6.09 Å². The lowest BCUT2D eigenvalue weighted by molar-refractivity contribution is 0.0497. The van der Waals surface area contributed by atoms with Crippen LogP contribution in [-0.2, 0) is 35.5 Å². The zero-order valence-corrected chi connectivity index (χ0v) is 28.7. The number of pyridine rings is 1. The molecule has 2 aromatic carbocycles. The maximum Gasteiger partial charge on any atom is 0.407 e. The van der Waals surface area contributed by atoms with Crippen LogP contribution >= 0.6 is 11.6 Å². The molecule has 0 unspecified atom stereocenters. The Bertz CT molecular complexity index is 1530. The van der Waals surface area contributed by atoms with E-state index in [0.29, 0.717) is 44.5 Å². The number of aryl methyl sites for hydroxylation is 2. The monoisotopic (exact) mass is 651 g/mol. The van der Waals surface area contributed by atoms with Crippen LogP contribution < -0.4 is 19.7 Å². The first-order valence-corrected chi connectivity index (χ1v) is 16.0. The van der Waals surface area contributed by atoms with Gasteiger partial charge in [0.25, 0.3) is 0 Å². The van der Waals surface area contributed by atoms with Gasteiger partial charge in [0.15, 0.2) is 5.82 Å². The number of hydrogen-bond donors (Lipinski definition) is 1. The Morgan fingerprint density at radius 3 is 2.04 bits per heavy atom. The number of nitrogens with zero attached hydrogens (tertiary/aromatic N) is 4. The van der Waals surface area contributed by atoms with E-state index >= 15 is 0 Å². The summed E-state index contributed by atoms with van der Waals surface area (Å²) >= 11 is 6.86. The molecule has 0 saturated heterocycles. The Morgan fingerprint density at radius 2 is 1.52 bits per heavy atom. The lowest BCUT2D eigenvalue weighted by Crippen LogP contribution is -2.34. The zero-order valence-electron chi connectivity index (χ0n) is 28.0. The minimum atomic E-state index is -0.547. The molecule has 2 aromatic heterocycles. The quantitative estimate of drug-likeness (QED) is 0.107. The molecule has 1 N–H and O–H groups in total. The van der Waals surface area contributed by atoms with E-state index in [1.165, 1.54) is 0 Å². The predicted octanol–water partition coefficient (Wildman–Crippen LogP) is 7.11. The van der Waals surface area contributed by atoms with Crippen LogP contribution in [0.3, 0.4) is 0 Å². The van der Waals surface area contributed by atoms with Crippen molar-refractivity contribution in [1.29, 1.82) is 0 Å². The number of imidazole rings is 1. The van der Waals surface area contributed by atoms with Crippen molar-refractivity contribution in [3.05, 3.63) is 76.2 Å². The minimum Gasteiger partial charge on any atom is -0.497 e. The average molecular weight is 652 g/mol. The number of alkyl carbamates (subject to hydrolysis) is 1. The number of ether oxygens (including phenoxy) is 4. The van der Waals surface area contributed by atoms with Crippen molar-refractivity contribution in [2.24, 2.45) is 0 Å². The highest BCUT2D eigenvalue weighted by Gasteiger charge is 2.23. The topological polar surface area (TPSA) is 100.0 Å². The summed E-state index contributed by atoms with van der Waals surface area (Å²) in [6.07, 6.45) is 1.27. The van der Waals surface area contributed by atoms with E-state index in [4.69, 9.17) is 40.5 Å². The number of amides is 1. The van der Waals surface area contributed by atoms with Crippen LogP contribution in [0.25, 0.3) is 11.0 Å². The van der Waals surface area contributed by atoms with E-state index in [0.717, 1.165) is 63.7 Å². The highest BCUT2D eigenvalue weighted by atomic mass is 35.5. The van der Waals surface area contributed by atoms with Gasteiger partial charge in [-0.25, -0.2) is 14.8 Å². The number of anilines is 1. The Hall–Kier alpha value is -4.02. The number of carbonyl (C=O) groups excluding carboxylic acids is 1. The Morgan fingerprint density at radius 1 is 0.935 bits per heavy atom.